The van der Waals surface area contributed by atoms with E-state index < -0.39 is 6.10 Å². The standard InChI is InChI=1S/C10H14N2O2/c1-14-10(7-2-3-7)9(13)8-6-11-4-5-12-8/h4-7,9-10,13H,2-3H2,1H3. The molecule has 0 saturated heterocycles. The van der Waals surface area contributed by atoms with Gasteiger partial charge in [0, 0.05) is 19.5 Å². The number of methoxy groups -OCH3 is 1. The maximum atomic E-state index is 9.96. The number of hydrogen-bond donors (Lipinski definition) is 1. The Bertz CT molecular complexity index is 287. The highest BCUT2D eigenvalue weighted by molar-refractivity contribution is 5.04. The SMILES string of the molecule is COC(C1CC1)C(O)c1cnccn1. The molecule has 1 aromatic heterocycles. The van der Waals surface area contributed by atoms with Crippen LogP contribution in [0, 0.1) is 5.92 Å². The smallest absolute Gasteiger partial charge is 0.124 e. The van der Waals surface area contributed by atoms with E-state index in [4.69, 9.17) is 4.74 Å². The molecule has 14 heavy (non-hydrogen) atoms. The molecule has 1 aliphatic carbocycles. The lowest BCUT2D eigenvalue weighted by molar-refractivity contribution is -0.0280. The van der Waals surface area contributed by atoms with Crippen molar-refractivity contribution in [1.82, 2.24) is 9.97 Å². The number of ether oxygens (including phenoxy) is 1. The molecule has 2 atom stereocenters. The summed E-state index contributed by atoms with van der Waals surface area (Å²) < 4.78 is 5.27. The van der Waals surface area contributed by atoms with Gasteiger partial charge in [-0.1, -0.05) is 0 Å². The van der Waals surface area contributed by atoms with Crippen molar-refractivity contribution >= 4 is 0 Å². The quantitative estimate of drug-likeness (QED) is 0.774. The number of hydrogen-bond acceptors (Lipinski definition) is 4. The van der Waals surface area contributed by atoms with E-state index in [2.05, 4.69) is 9.97 Å². The summed E-state index contributed by atoms with van der Waals surface area (Å²) in [5.41, 5.74) is 0.589. The van der Waals surface area contributed by atoms with Crippen LogP contribution in [-0.2, 0) is 4.74 Å². The van der Waals surface area contributed by atoms with Gasteiger partial charge in [0.2, 0.25) is 0 Å². The van der Waals surface area contributed by atoms with Gasteiger partial charge in [0.15, 0.2) is 0 Å². The van der Waals surface area contributed by atoms with Crippen LogP contribution < -0.4 is 0 Å². The van der Waals surface area contributed by atoms with Gasteiger partial charge in [0.05, 0.1) is 18.0 Å². The summed E-state index contributed by atoms with van der Waals surface area (Å²) in [6.07, 6.45) is 6.24. The van der Waals surface area contributed by atoms with E-state index in [1.54, 1.807) is 25.7 Å². The lowest BCUT2D eigenvalue weighted by atomic mass is 10.1. The van der Waals surface area contributed by atoms with Crippen LogP contribution in [0.2, 0.25) is 0 Å². The molecule has 2 unspecified atom stereocenters. The van der Waals surface area contributed by atoms with Crippen LogP contribution in [0.4, 0.5) is 0 Å². The molecule has 4 heteroatoms. The van der Waals surface area contributed by atoms with E-state index in [-0.39, 0.29) is 6.10 Å². The minimum absolute atomic E-state index is 0.133. The first kappa shape index (κ1) is 9.55. The third-order valence-corrected chi connectivity index (χ3v) is 2.56. The molecule has 0 spiro atoms. The van der Waals surface area contributed by atoms with E-state index in [9.17, 15) is 5.11 Å². The fourth-order valence-corrected chi connectivity index (χ4v) is 1.64. The van der Waals surface area contributed by atoms with Crippen molar-refractivity contribution in [1.29, 1.82) is 0 Å². The van der Waals surface area contributed by atoms with Crippen LogP contribution in [0.3, 0.4) is 0 Å². The molecule has 1 aromatic rings. The Labute approximate surface area is 83.0 Å². The summed E-state index contributed by atoms with van der Waals surface area (Å²) in [7, 11) is 1.63. The molecular weight excluding hydrogens is 180 g/mol. The average Bonchev–Trinajstić information content (AvgIpc) is 3.04. The third kappa shape index (κ3) is 1.91. The average molecular weight is 194 g/mol. The van der Waals surface area contributed by atoms with Crippen LogP contribution in [0.5, 0.6) is 0 Å². The van der Waals surface area contributed by atoms with Crippen molar-refractivity contribution < 1.29 is 9.84 Å². The molecule has 1 aliphatic rings. The first-order valence-electron chi connectivity index (χ1n) is 4.79. The van der Waals surface area contributed by atoms with Gasteiger partial charge in [0.1, 0.15) is 6.10 Å². The molecule has 4 nitrogen and oxygen atoms in total. The first-order valence-corrected chi connectivity index (χ1v) is 4.79. The maximum Gasteiger partial charge on any atom is 0.124 e. The fourth-order valence-electron chi connectivity index (χ4n) is 1.64. The summed E-state index contributed by atoms with van der Waals surface area (Å²) in [6, 6.07) is 0. The molecule has 0 radical (unpaired) electrons. The van der Waals surface area contributed by atoms with Crippen LogP contribution in [-0.4, -0.2) is 28.3 Å². The largest absolute Gasteiger partial charge is 0.384 e. The summed E-state index contributed by atoms with van der Waals surface area (Å²) in [6.45, 7) is 0. The highest BCUT2D eigenvalue weighted by Gasteiger charge is 2.37. The lowest BCUT2D eigenvalue weighted by Gasteiger charge is -2.20. The maximum absolute atomic E-state index is 9.96. The Morgan fingerprint density at radius 3 is 2.79 bits per heavy atom. The molecule has 2 rings (SSSR count). The number of rotatable bonds is 4. The van der Waals surface area contributed by atoms with Crippen LogP contribution >= 0.6 is 0 Å². The molecule has 0 bridgehead atoms. The summed E-state index contributed by atoms with van der Waals surface area (Å²) in [5.74, 6) is 0.483. The highest BCUT2D eigenvalue weighted by atomic mass is 16.5. The van der Waals surface area contributed by atoms with Crippen molar-refractivity contribution in [2.45, 2.75) is 25.0 Å². The molecule has 1 saturated carbocycles. The van der Waals surface area contributed by atoms with Gasteiger partial charge >= 0.3 is 0 Å². The molecule has 0 aromatic carbocycles. The van der Waals surface area contributed by atoms with Crippen molar-refractivity contribution in [3.05, 3.63) is 24.3 Å². The summed E-state index contributed by atoms with van der Waals surface area (Å²) >= 11 is 0. The Kier molecular flexibility index (Phi) is 2.74. The summed E-state index contributed by atoms with van der Waals surface area (Å²) in [5, 5.41) is 9.96. The Balaban J connectivity index is 2.09. The lowest BCUT2D eigenvalue weighted by Crippen LogP contribution is -2.23. The first-order chi connectivity index (χ1) is 6.83. The van der Waals surface area contributed by atoms with Gasteiger partial charge in [0.25, 0.3) is 0 Å². The topological polar surface area (TPSA) is 55.2 Å². The normalized spacial score (nSPS) is 20.4. The zero-order valence-corrected chi connectivity index (χ0v) is 8.13. The van der Waals surface area contributed by atoms with Gasteiger partial charge in [-0.2, -0.15) is 0 Å². The summed E-state index contributed by atoms with van der Waals surface area (Å²) in [4.78, 5) is 7.99. The van der Waals surface area contributed by atoms with E-state index in [1.165, 1.54) is 0 Å². The second kappa shape index (κ2) is 4.02. The predicted octanol–water partition coefficient (Wildman–Crippen LogP) is 0.935. The molecular formula is C10H14N2O2. The second-order valence-electron chi connectivity index (χ2n) is 3.61. The monoisotopic (exact) mass is 194 g/mol. The Hall–Kier alpha value is -1.00. The van der Waals surface area contributed by atoms with E-state index in [0.717, 1.165) is 12.8 Å². The highest BCUT2D eigenvalue weighted by Crippen LogP contribution is 2.39. The van der Waals surface area contributed by atoms with Gasteiger partial charge in [-0.15, -0.1) is 0 Å². The van der Waals surface area contributed by atoms with Gasteiger partial charge in [-0.25, -0.2) is 0 Å². The molecule has 0 amide bonds. The van der Waals surface area contributed by atoms with Crippen molar-refractivity contribution in [3.63, 3.8) is 0 Å². The zero-order valence-electron chi connectivity index (χ0n) is 8.13. The van der Waals surface area contributed by atoms with Crippen LogP contribution in [0.1, 0.15) is 24.6 Å². The van der Waals surface area contributed by atoms with E-state index >= 15 is 0 Å². The third-order valence-electron chi connectivity index (χ3n) is 2.56. The van der Waals surface area contributed by atoms with Gasteiger partial charge < -0.3 is 9.84 Å². The van der Waals surface area contributed by atoms with Gasteiger partial charge in [-0.3, -0.25) is 9.97 Å². The Morgan fingerprint density at radius 1 is 1.50 bits per heavy atom. The van der Waals surface area contributed by atoms with Crippen molar-refractivity contribution in [2.24, 2.45) is 5.92 Å². The fraction of sp³-hybridized carbons (Fsp3) is 0.600. The minimum atomic E-state index is -0.652. The van der Waals surface area contributed by atoms with Crippen LogP contribution in [0.25, 0.3) is 0 Å². The minimum Gasteiger partial charge on any atom is -0.384 e. The van der Waals surface area contributed by atoms with E-state index in [1.807, 2.05) is 0 Å². The number of nitrogens with zero attached hydrogens (tertiary/aromatic N) is 2. The molecule has 1 N–H and O–H groups in total. The second-order valence-corrected chi connectivity index (χ2v) is 3.61. The number of aromatic nitrogens is 2. The zero-order chi connectivity index (χ0) is 9.97. The molecule has 1 heterocycles. The molecule has 0 aliphatic heterocycles. The van der Waals surface area contributed by atoms with Crippen molar-refractivity contribution in [3.8, 4) is 0 Å². The number of aliphatic hydroxyl groups excluding tert-OH is 1. The van der Waals surface area contributed by atoms with Gasteiger partial charge in [-0.05, 0) is 18.8 Å². The molecule has 1 fully saturated rings. The molecule has 76 valence electrons. The Morgan fingerprint density at radius 2 is 2.29 bits per heavy atom. The van der Waals surface area contributed by atoms with E-state index in [0.29, 0.717) is 11.6 Å². The van der Waals surface area contributed by atoms with Crippen LogP contribution in [0.15, 0.2) is 18.6 Å². The predicted molar refractivity (Wildman–Crippen MR) is 50.5 cm³/mol. The number of aliphatic hydroxyl groups is 1. The van der Waals surface area contributed by atoms with Crippen molar-refractivity contribution in [2.75, 3.05) is 7.11 Å².